The number of aryl methyl sites for hydroxylation is 1. The molecule has 0 atom stereocenters. The molecule has 1 amide bonds. The van der Waals surface area contributed by atoms with E-state index in [1.807, 2.05) is 54.2 Å². The van der Waals surface area contributed by atoms with Crippen molar-refractivity contribution < 1.29 is 4.79 Å². The minimum absolute atomic E-state index is 0.149. The second-order valence-electron chi connectivity index (χ2n) is 4.88. The summed E-state index contributed by atoms with van der Waals surface area (Å²) in [5.41, 5.74) is 4.36. The van der Waals surface area contributed by atoms with E-state index in [1.54, 1.807) is 29.2 Å². The summed E-state index contributed by atoms with van der Waals surface area (Å²) in [6.45, 7) is 1.90. The van der Waals surface area contributed by atoms with Gasteiger partial charge in [0.15, 0.2) is 0 Å². The van der Waals surface area contributed by atoms with Crippen LogP contribution >= 0.6 is 23.1 Å². The van der Waals surface area contributed by atoms with Crippen LogP contribution in [0, 0.1) is 6.92 Å². The molecule has 2 aromatic heterocycles. The van der Waals surface area contributed by atoms with Crippen molar-refractivity contribution in [3.05, 3.63) is 70.3 Å². The molecule has 4 nitrogen and oxygen atoms in total. The first-order valence-electron chi connectivity index (χ1n) is 7.06. The fraction of sp³-hybridized carbons (Fsp3) is 0.118. The van der Waals surface area contributed by atoms with E-state index in [1.165, 1.54) is 0 Å². The van der Waals surface area contributed by atoms with Crippen LogP contribution < -0.4 is 5.32 Å². The Morgan fingerprint density at radius 2 is 2.09 bits per heavy atom. The first-order chi connectivity index (χ1) is 11.2. The highest BCUT2D eigenvalue weighted by Gasteiger charge is 2.12. The van der Waals surface area contributed by atoms with E-state index in [4.69, 9.17) is 0 Å². The second kappa shape index (κ2) is 7.39. The highest BCUT2D eigenvalue weighted by molar-refractivity contribution is 7.98. The molecule has 0 aliphatic carbocycles. The van der Waals surface area contributed by atoms with Gasteiger partial charge in [0.2, 0.25) is 0 Å². The van der Waals surface area contributed by atoms with E-state index in [-0.39, 0.29) is 5.91 Å². The maximum atomic E-state index is 12.5. The summed E-state index contributed by atoms with van der Waals surface area (Å²) in [4.78, 5) is 22.0. The van der Waals surface area contributed by atoms with Crippen LogP contribution in [0.2, 0.25) is 0 Å². The number of pyridine rings is 1. The number of hydrogen-bond donors (Lipinski definition) is 1. The van der Waals surface area contributed by atoms with Gasteiger partial charge in [-0.2, -0.15) is 0 Å². The van der Waals surface area contributed by atoms with Gasteiger partial charge in [0.25, 0.3) is 5.91 Å². The predicted molar refractivity (Wildman–Crippen MR) is 95.0 cm³/mol. The zero-order valence-electron chi connectivity index (χ0n) is 12.5. The first kappa shape index (κ1) is 15.7. The standard InChI is InChI=1S/C17H15N3OS2/c1-12-5-4-8-16(19-12)20-17(21)14-6-2-3-7-15(14)23-10-13-9-22-11-18-13/h2-9,11H,10H2,1H3,(H,19,20,21). The van der Waals surface area contributed by atoms with Gasteiger partial charge in [-0.3, -0.25) is 4.79 Å². The number of thioether (sulfide) groups is 1. The van der Waals surface area contributed by atoms with Gasteiger partial charge in [-0.1, -0.05) is 18.2 Å². The topological polar surface area (TPSA) is 54.9 Å². The Kier molecular flexibility index (Phi) is 5.05. The Balaban J connectivity index is 1.75. The molecule has 23 heavy (non-hydrogen) atoms. The number of benzene rings is 1. The van der Waals surface area contributed by atoms with Gasteiger partial charge in [0, 0.05) is 21.7 Å². The minimum Gasteiger partial charge on any atom is -0.307 e. The molecule has 0 unspecified atom stereocenters. The van der Waals surface area contributed by atoms with E-state index >= 15 is 0 Å². The van der Waals surface area contributed by atoms with Crippen molar-refractivity contribution in [2.45, 2.75) is 17.6 Å². The van der Waals surface area contributed by atoms with Crippen LogP contribution in [-0.2, 0) is 5.75 Å². The number of hydrogen-bond acceptors (Lipinski definition) is 5. The summed E-state index contributed by atoms with van der Waals surface area (Å²) in [7, 11) is 0. The van der Waals surface area contributed by atoms with Gasteiger partial charge in [0.05, 0.1) is 16.8 Å². The van der Waals surface area contributed by atoms with Gasteiger partial charge in [0.1, 0.15) is 5.82 Å². The minimum atomic E-state index is -0.149. The molecular weight excluding hydrogens is 326 g/mol. The molecule has 0 bridgehead atoms. The highest BCUT2D eigenvalue weighted by Crippen LogP contribution is 2.26. The third kappa shape index (κ3) is 4.18. The monoisotopic (exact) mass is 341 g/mol. The molecule has 0 fully saturated rings. The van der Waals surface area contributed by atoms with Crippen LogP contribution in [0.25, 0.3) is 0 Å². The van der Waals surface area contributed by atoms with Crippen LogP contribution in [0.3, 0.4) is 0 Å². The maximum absolute atomic E-state index is 12.5. The fourth-order valence-corrected chi connectivity index (χ4v) is 3.65. The summed E-state index contributed by atoms with van der Waals surface area (Å²) in [6.07, 6.45) is 0. The Morgan fingerprint density at radius 1 is 1.22 bits per heavy atom. The molecule has 3 rings (SSSR count). The summed E-state index contributed by atoms with van der Waals surface area (Å²) in [5, 5.41) is 4.88. The zero-order chi connectivity index (χ0) is 16.1. The molecule has 116 valence electrons. The first-order valence-corrected chi connectivity index (χ1v) is 8.99. The number of anilines is 1. The third-order valence-corrected chi connectivity index (χ3v) is 4.86. The van der Waals surface area contributed by atoms with Gasteiger partial charge >= 0.3 is 0 Å². The molecule has 0 spiro atoms. The number of carbonyl (C=O) groups is 1. The highest BCUT2D eigenvalue weighted by atomic mass is 32.2. The Bertz CT molecular complexity index is 803. The molecule has 0 radical (unpaired) electrons. The van der Waals surface area contributed by atoms with Crippen LogP contribution in [0.5, 0.6) is 0 Å². The molecule has 0 aliphatic heterocycles. The quantitative estimate of drug-likeness (QED) is 0.699. The number of amides is 1. The van der Waals surface area contributed by atoms with E-state index in [0.29, 0.717) is 11.4 Å². The number of rotatable bonds is 5. The van der Waals surface area contributed by atoms with Crippen molar-refractivity contribution in [1.82, 2.24) is 9.97 Å². The average Bonchev–Trinajstić information content (AvgIpc) is 3.06. The smallest absolute Gasteiger partial charge is 0.257 e. The molecule has 6 heteroatoms. The van der Waals surface area contributed by atoms with Crippen molar-refractivity contribution in [2.75, 3.05) is 5.32 Å². The van der Waals surface area contributed by atoms with Crippen molar-refractivity contribution in [2.24, 2.45) is 0 Å². The predicted octanol–water partition coefficient (Wildman–Crippen LogP) is 4.39. The van der Waals surface area contributed by atoms with Crippen LogP contribution in [-0.4, -0.2) is 15.9 Å². The summed E-state index contributed by atoms with van der Waals surface area (Å²) in [5.74, 6) is 1.16. The van der Waals surface area contributed by atoms with E-state index in [9.17, 15) is 4.79 Å². The van der Waals surface area contributed by atoms with Gasteiger partial charge < -0.3 is 5.32 Å². The maximum Gasteiger partial charge on any atom is 0.257 e. The van der Waals surface area contributed by atoms with Crippen LogP contribution in [0.15, 0.2) is 58.3 Å². The molecule has 3 aromatic rings. The van der Waals surface area contributed by atoms with E-state index in [2.05, 4.69) is 15.3 Å². The Labute approximate surface area is 143 Å². The lowest BCUT2D eigenvalue weighted by molar-refractivity contribution is 0.102. The third-order valence-electron chi connectivity index (χ3n) is 3.12. The molecule has 0 saturated heterocycles. The lowest BCUT2D eigenvalue weighted by Crippen LogP contribution is -2.14. The molecular formula is C17H15N3OS2. The van der Waals surface area contributed by atoms with Crippen molar-refractivity contribution >= 4 is 34.8 Å². The average molecular weight is 341 g/mol. The number of aromatic nitrogens is 2. The van der Waals surface area contributed by atoms with Crippen LogP contribution in [0.4, 0.5) is 5.82 Å². The lowest BCUT2D eigenvalue weighted by atomic mass is 10.2. The molecule has 2 heterocycles. The number of nitrogens with zero attached hydrogens (tertiary/aromatic N) is 2. The summed E-state index contributed by atoms with van der Waals surface area (Å²) in [6, 6.07) is 13.1. The Morgan fingerprint density at radius 3 is 2.87 bits per heavy atom. The van der Waals surface area contributed by atoms with Crippen molar-refractivity contribution in [3.8, 4) is 0 Å². The Hall–Kier alpha value is -2.18. The van der Waals surface area contributed by atoms with Crippen LogP contribution in [0.1, 0.15) is 21.7 Å². The summed E-state index contributed by atoms with van der Waals surface area (Å²) >= 11 is 3.19. The largest absolute Gasteiger partial charge is 0.307 e. The fourth-order valence-electron chi connectivity index (χ4n) is 2.04. The number of carbonyl (C=O) groups excluding carboxylic acids is 1. The lowest BCUT2D eigenvalue weighted by Gasteiger charge is -2.09. The van der Waals surface area contributed by atoms with Crippen molar-refractivity contribution in [3.63, 3.8) is 0 Å². The normalized spacial score (nSPS) is 10.5. The molecule has 1 N–H and O–H groups in total. The second-order valence-corrected chi connectivity index (χ2v) is 6.62. The van der Waals surface area contributed by atoms with E-state index < -0.39 is 0 Å². The molecule has 1 aromatic carbocycles. The molecule has 0 aliphatic rings. The SMILES string of the molecule is Cc1cccc(NC(=O)c2ccccc2SCc2cscn2)n1. The van der Waals surface area contributed by atoms with Crippen molar-refractivity contribution in [1.29, 1.82) is 0 Å². The number of nitrogens with one attached hydrogen (secondary N) is 1. The summed E-state index contributed by atoms with van der Waals surface area (Å²) < 4.78 is 0. The van der Waals surface area contributed by atoms with Gasteiger partial charge in [-0.15, -0.1) is 23.1 Å². The number of thiazole rings is 1. The molecule has 0 saturated carbocycles. The van der Waals surface area contributed by atoms with Gasteiger partial charge in [-0.05, 0) is 31.2 Å². The van der Waals surface area contributed by atoms with E-state index in [0.717, 1.165) is 22.0 Å². The van der Waals surface area contributed by atoms with Gasteiger partial charge in [-0.25, -0.2) is 9.97 Å². The zero-order valence-corrected chi connectivity index (χ0v) is 14.2.